The van der Waals surface area contributed by atoms with Gasteiger partial charge >= 0.3 is 0 Å². The number of carbonyl (C=O) groups is 4. The molecule has 220 valence electrons. The van der Waals surface area contributed by atoms with Crippen molar-refractivity contribution in [3.8, 4) is 0 Å². The van der Waals surface area contributed by atoms with Gasteiger partial charge in [0.15, 0.2) is 0 Å². The van der Waals surface area contributed by atoms with Gasteiger partial charge in [0, 0.05) is 6.54 Å². The minimum Gasteiger partial charge on any atom is -0.363 e. The lowest BCUT2D eigenvalue weighted by Gasteiger charge is -2.37. The van der Waals surface area contributed by atoms with Crippen molar-refractivity contribution < 1.29 is 19.2 Å². The van der Waals surface area contributed by atoms with Gasteiger partial charge in [-0.3, -0.25) is 19.2 Å². The van der Waals surface area contributed by atoms with E-state index in [9.17, 15) is 19.2 Å². The Hall–Kier alpha value is -3.43. The lowest BCUT2D eigenvalue weighted by molar-refractivity contribution is -0.144. The maximum absolute atomic E-state index is 14.4. The molecule has 6 rings (SSSR count). The van der Waals surface area contributed by atoms with Gasteiger partial charge in [0.25, 0.3) is 5.91 Å². The number of H-pyrrole nitrogens is 1. The number of nitrogens with one attached hydrogen (secondary N) is 3. The van der Waals surface area contributed by atoms with E-state index < -0.39 is 29.8 Å². The predicted molar refractivity (Wildman–Crippen MR) is 154 cm³/mol. The van der Waals surface area contributed by atoms with Crippen LogP contribution in [0.3, 0.4) is 0 Å². The molecule has 10 heteroatoms. The van der Waals surface area contributed by atoms with Gasteiger partial charge in [-0.25, -0.2) is 4.98 Å². The molecule has 3 saturated carbocycles. The lowest BCUT2D eigenvalue weighted by Crippen LogP contribution is -2.58. The van der Waals surface area contributed by atoms with E-state index in [1.807, 2.05) is 24.3 Å². The quantitative estimate of drug-likeness (QED) is 0.327. The van der Waals surface area contributed by atoms with Gasteiger partial charge in [-0.2, -0.15) is 0 Å². The number of likely N-dealkylation sites (tertiary alicyclic amines) is 1. The van der Waals surface area contributed by atoms with E-state index in [2.05, 4.69) is 34.4 Å². The first-order valence-corrected chi connectivity index (χ1v) is 15.3. The topological polar surface area (TPSA) is 150 Å². The van der Waals surface area contributed by atoms with Crippen molar-refractivity contribution in [3.63, 3.8) is 0 Å². The summed E-state index contributed by atoms with van der Waals surface area (Å²) in [5, 5.41) is 6.32. The van der Waals surface area contributed by atoms with Crippen molar-refractivity contribution in [3.05, 3.63) is 24.3 Å². The molecule has 4 fully saturated rings. The third-order valence-corrected chi connectivity index (χ3v) is 10.5. The summed E-state index contributed by atoms with van der Waals surface area (Å²) in [4.78, 5) is 62.6. The van der Waals surface area contributed by atoms with Crippen molar-refractivity contribution in [1.82, 2.24) is 20.2 Å². The first-order chi connectivity index (χ1) is 19.6. The number of anilines is 1. The van der Waals surface area contributed by atoms with Gasteiger partial charge in [0.2, 0.25) is 23.5 Å². The van der Waals surface area contributed by atoms with Crippen LogP contribution in [0.1, 0.15) is 71.6 Å². The fraction of sp³-hybridized carbons (Fsp3) is 0.645. The van der Waals surface area contributed by atoms with Crippen LogP contribution in [0.2, 0.25) is 0 Å². The zero-order chi connectivity index (χ0) is 28.9. The normalized spacial score (nSPS) is 27.0. The molecule has 1 saturated heterocycles. The van der Waals surface area contributed by atoms with Crippen LogP contribution in [0, 0.1) is 29.1 Å². The molecule has 0 bridgehead atoms. The summed E-state index contributed by atoms with van der Waals surface area (Å²) < 4.78 is 0. The number of nitrogens with two attached hydrogens (primary N) is 1. The number of amides is 3. The molecule has 1 aliphatic heterocycles. The Morgan fingerprint density at radius 3 is 2.46 bits per heavy atom. The molecule has 4 aliphatic rings. The Kier molecular flexibility index (Phi) is 7.28. The number of nitrogens with zero attached hydrogens (tertiary/aromatic N) is 2. The van der Waals surface area contributed by atoms with E-state index in [1.165, 1.54) is 0 Å². The number of primary amides is 1. The highest BCUT2D eigenvalue weighted by atomic mass is 16.2. The summed E-state index contributed by atoms with van der Waals surface area (Å²) in [6.07, 6.45) is 8.59. The molecule has 0 radical (unpaired) electrons. The van der Waals surface area contributed by atoms with Gasteiger partial charge in [-0.05, 0) is 60.5 Å². The molecular formula is C31H42N6O4. The van der Waals surface area contributed by atoms with Gasteiger partial charge in [-0.15, -0.1) is 0 Å². The number of para-hydroxylation sites is 2. The summed E-state index contributed by atoms with van der Waals surface area (Å²) >= 11 is 0. The Bertz CT molecular complexity index is 1310. The molecule has 2 aromatic rings. The number of ketones is 1. The number of fused-ring (bicyclic) bond motifs is 2. The second-order valence-electron chi connectivity index (χ2n) is 13.3. The number of carbonyl (C=O) groups excluding carboxylic acids is 4. The Labute approximate surface area is 240 Å². The van der Waals surface area contributed by atoms with Gasteiger partial charge in [0.1, 0.15) is 12.1 Å². The maximum Gasteiger partial charge on any atom is 0.287 e. The summed E-state index contributed by atoms with van der Waals surface area (Å²) in [6, 6.07) is 5.58. The van der Waals surface area contributed by atoms with Crippen LogP contribution in [0.25, 0.3) is 11.0 Å². The third-order valence-electron chi connectivity index (χ3n) is 10.5. The molecule has 2 heterocycles. The molecule has 5 N–H and O–H groups in total. The van der Waals surface area contributed by atoms with Crippen LogP contribution < -0.4 is 16.4 Å². The van der Waals surface area contributed by atoms with Crippen LogP contribution in [0.15, 0.2) is 24.3 Å². The molecule has 0 spiro atoms. The van der Waals surface area contributed by atoms with Crippen molar-refractivity contribution in [1.29, 1.82) is 0 Å². The molecular weight excluding hydrogens is 520 g/mol. The second-order valence-corrected chi connectivity index (χ2v) is 13.3. The smallest absolute Gasteiger partial charge is 0.287 e. The van der Waals surface area contributed by atoms with Gasteiger partial charge in [0.05, 0.1) is 17.1 Å². The number of aromatic nitrogens is 2. The van der Waals surface area contributed by atoms with E-state index in [-0.39, 0.29) is 35.0 Å². The zero-order valence-electron chi connectivity index (χ0n) is 24.0. The average Bonchev–Trinajstić information content (AvgIpc) is 3.29. The van der Waals surface area contributed by atoms with E-state index in [1.54, 1.807) is 4.90 Å². The Balaban J connectivity index is 1.26. The van der Waals surface area contributed by atoms with E-state index >= 15 is 0 Å². The molecule has 1 aromatic heterocycles. The number of aromatic amines is 1. The molecule has 1 aromatic carbocycles. The molecule has 10 nitrogen and oxygen atoms in total. The minimum absolute atomic E-state index is 0.00214. The van der Waals surface area contributed by atoms with Crippen molar-refractivity contribution >= 4 is 40.5 Å². The number of imidazole rings is 1. The van der Waals surface area contributed by atoms with Crippen LogP contribution in [0.5, 0.6) is 0 Å². The fourth-order valence-electron chi connectivity index (χ4n) is 7.73. The molecule has 41 heavy (non-hydrogen) atoms. The Morgan fingerprint density at radius 1 is 1.07 bits per heavy atom. The summed E-state index contributed by atoms with van der Waals surface area (Å²) in [5.74, 6) is -1.09. The van der Waals surface area contributed by atoms with Gasteiger partial charge < -0.3 is 26.3 Å². The molecule has 1 unspecified atom stereocenters. The van der Waals surface area contributed by atoms with Crippen LogP contribution in [0.4, 0.5) is 5.95 Å². The number of rotatable bonds is 10. The fourth-order valence-corrected chi connectivity index (χ4v) is 7.73. The first-order valence-electron chi connectivity index (χ1n) is 15.3. The number of Topliss-reactive ketones (excluding diaryl/α,β-unsaturated/α-hetero) is 1. The summed E-state index contributed by atoms with van der Waals surface area (Å²) in [7, 11) is 0. The third kappa shape index (κ3) is 5.21. The maximum atomic E-state index is 14.4. The number of hydrogen-bond acceptors (Lipinski definition) is 6. The monoisotopic (exact) mass is 562 g/mol. The number of benzene rings is 1. The number of piperidine rings is 1. The van der Waals surface area contributed by atoms with E-state index in [4.69, 9.17) is 5.73 Å². The van der Waals surface area contributed by atoms with Crippen LogP contribution in [-0.4, -0.2) is 63.0 Å². The highest BCUT2D eigenvalue weighted by Gasteiger charge is 2.69. The average molecular weight is 563 g/mol. The van der Waals surface area contributed by atoms with E-state index in [0.717, 1.165) is 62.4 Å². The van der Waals surface area contributed by atoms with Crippen molar-refractivity contribution in [2.45, 2.75) is 89.8 Å². The highest BCUT2D eigenvalue weighted by molar-refractivity contribution is 6.37. The first kappa shape index (κ1) is 27.7. The van der Waals surface area contributed by atoms with Gasteiger partial charge in [-0.1, -0.05) is 64.5 Å². The zero-order valence-corrected chi connectivity index (χ0v) is 24.0. The largest absolute Gasteiger partial charge is 0.363 e. The van der Waals surface area contributed by atoms with Crippen LogP contribution in [-0.2, 0) is 19.2 Å². The molecule has 3 aliphatic carbocycles. The summed E-state index contributed by atoms with van der Waals surface area (Å²) in [6.45, 7) is 4.77. The van der Waals surface area contributed by atoms with Crippen LogP contribution >= 0.6 is 0 Å². The summed E-state index contributed by atoms with van der Waals surface area (Å²) in [5.41, 5.74) is 6.99. The Morgan fingerprint density at radius 2 is 1.80 bits per heavy atom. The van der Waals surface area contributed by atoms with E-state index in [0.29, 0.717) is 24.8 Å². The molecule has 3 amide bonds. The molecule has 5 atom stereocenters. The number of hydrogen-bond donors (Lipinski definition) is 4. The van der Waals surface area contributed by atoms with Crippen molar-refractivity contribution in [2.24, 2.45) is 34.8 Å². The lowest BCUT2D eigenvalue weighted by atomic mass is 9.80. The second kappa shape index (κ2) is 10.8. The SMILES string of the molecule is CC1(C)C2[C@@H](C(=O)N[C@@H](CC3CCC3)C(=O)C(N)=O)N(C(=O)[C@@H](Nc3nc4ccccc4[nH]3)C3CCCCC3)C[C@H]21. The minimum atomic E-state index is -1.04. The van der Waals surface area contributed by atoms with Crippen molar-refractivity contribution in [2.75, 3.05) is 11.9 Å². The highest BCUT2D eigenvalue weighted by Crippen LogP contribution is 2.65. The predicted octanol–water partition coefficient (Wildman–Crippen LogP) is 3.14. The standard InChI is InChI=1S/C31H42N6O4/c1-31(2)19-16-37(25(23(19)31)28(40)33-22(26(38)27(32)39)15-17-9-8-10-17)29(41)24(18-11-4-3-5-12-18)36-30-34-20-13-6-7-14-21(20)35-30/h6-7,13-14,17-19,22-25H,3-5,8-12,15-16H2,1-2H3,(H2,32,39)(H,33,40)(H2,34,35,36)/t19-,22+,23?,24+,25+/m1/s1.